The van der Waals surface area contributed by atoms with Crippen LogP contribution >= 0.6 is 0 Å². The van der Waals surface area contributed by atoms with Gasteiger partial charge >= 0.3 is 0 Å². The van der Waals surface area contributed by atoms with E-state index in [4.69, 9.17) is 0 Å². The van der Waals surface area contributed by atoms with E-state index in [1.54, 1.807) is 0 Å². The zero-order valence-electron chi connectivity index (χ0n) is 14.2. The molecule has 1 aromatic rings. The van der Waals surface area contributed by atoms with Gasteiger partial charge in [-0.25, -0.2) is 0 Å². The van der Waals surface area contributed by atoms with Crippen molar-refractivity contribution in [3.8, 4) is 0 Å². The van der Waals surface area contributed by atoms with Crippen molar-refractivity contribution in [1.82, 2.24) is 10.6 Å². The molecule has 0 aromatic heterocycles. The summed E-state index contributed by atoms with van der Waals surface area (Å²) >= 11 is 0. The lowest BCUT2D eigenvalue weighted by atomic mass is 9.81. The second-order valence-electron chi connectivity index (χ2n) is 7.43. The predicted molar refractivity (Wildman–Crippen MR) is 91.9 cm³/mol. The molecule has 0 bridgehead atoms. The van der Waals surface area contributed by atoms with Crippen LogP contribution in [0, 0.1) is 11.3 Å². The summed E-state index contributed by atoms with van der Waals surface area (Å²) in [5.74, 6) is 0.802. The molecule has 0 aliphatic carbocycles. The largest absolute Gasteiger partial charge is 0.355 e. The maximum Gasteiger partial charge on any atom is 0.224 e. The van der Waals surface area contributed by atoms with Crippen molar-refractivity contribution in [3.05, 3.63) is 35.4 Å². The van der Waals surface area contributed by atoms with Gasteiger partial charge in [0.1, 0.15) is 0 Å². The Morgan fingerprint density at radius 3 is 2.36 bits per heavy atom. The lowest BCUT2D eigenvalue weighted by molar-refractivity contribution is -0.121. The minimum atomic E-state index is 0.136. The third-order valence-electron chi connectivity index (χ3n) is 4.55. The topological polar surface area (TPSA) is 41.1 Å². The highest BCUT2D eigenvalue weighted by atomic mass is 16.1. The molecular formula is C19H30N2O. The molecule has 3 heteroatoms. The van der Waals surface area contributed by atoms with Crippen LogP contribution in [0.2, 0.25) is 0 Å². The van der Waals surface area contributed by atoms with Crippen LogP contribution in [0.1, 0.15) is 44.7 Å². The monoisotopic (exact) mass is 302 g/mol. The van der Waals surface area contributed by atoms with Crippen molar-refractivity contribution < 1.29 is 4.79 Å². The van der Waals surface area contributed by atoms with E-state index in [0.29, 0.717) is 12.3 Å². The van der Waals surface area contributed by atoms with E-state index in [1.165, 1.54) is 5.56 Å². The van der Waals surface area contributed by atoms with E-state index in [9.17, 15) is 4.79 Å². The number of piperidine rings is 1. The Kier molecular flexibility index (Phi) is 6.01. The molecule has 1 aliphatic rings. The zero-order chi connectivity index (χ0) is 16.0. The maximum absolute atomic E-state index is 12.1. The van der Waals surface area contributed by atoms with Crippen molar-refractivity contribution in [2.24, 2.45) is 11.3 Å². The summed E-state index contributed by atoms with van der Waals surface area (Å²) in [6, 6.07) is 8.47. The van der Waals surface area contributed by atoms with Crippen molar-refractivity contribution in [3.63, 3.8) is 0 Å². The van der Waals surface area contributed by atoms with Gasteiger partial charge in [0.15, 0.2) is 0 Å². The van der Waals surface area contributed by atoms with Gasteiger partial charge in [-0.05, 0) is 54.8 Å². The van der Waals surface area contributed by atoms with Crippen LogP contribution in [-0.2, 0) is 17.6 Å². The van der Waals surface area contributed by atoms with Crippen LogP contribution in [0.4, 0.5) is 0 Å². The third-order valence-corrected chi connectivity index (χ3v) is 4.55. The zero-order valence-corrected chi connectivity index (χ0v) is 14.2. The standard InChI is InChI=1S/C19H30N2O/c1-15(2)12-16-4-6-17(7-5-16)13-18(22)21-14-19(3)8-10-20-11-9-19/h4-7,15,20H,8-14H2,1-3H3,(H,21,22). The van der Waals surface area contributed by atoms with Crippen LogP contribution in [-0.4, -0.2) is 25.5 Å². The molecule has 2 rings (SSSR count). The van der Waals surface area contributed by atoms with Gasteiger partial charge in [0, 0.05) is 6.54 Å². The number of carbonyl (C=O) groups is 1. The minimum absolute atomic E-state index is 0.136. The molecule has 0 atom stereocenters. The van der Waals surface area contributed by atoms with Gasteiger partial charge in [-0.15, -0.1) is 0 Å². The molecule has 1 aromatic carbocycles. The summed E-state index contributed by atoms with van der Waals surface area (Å²) in [4.78, 5) is 12.1. The van der Waals surface area contributed by atoms with E-state index < -0.39 is 0 Å². The molecule has 1 saturated heterocycles. The second kappa shape index (κ2) is 7.77. The molecule has 22 heavy (non-hydrogen) atoms. The minimum Gasteiger partial charge on any atom is -0.355 e. The first kappa shape index (κ1) is 17.0. The molecule has 3 nitrogen and oxygen atoms in total. The highest BCUT2D eigenvalue weighted by molar-refractivity contribution is 5.78. The number of nitrogens with one attached hydrogen (secondary N) is 2. The van der Waals surface area contributed by atoms with Gasteiger partial charge in [-0.1, -0.05) is 45.0 Å². The normalized spacial score (nSPS) is 17.5. The van der Waals surface area contributed by atoms with Crippen molar-refractivity contribution in [1.29, 1.82) is 0 Å². The average Bonchev–Trinajstić information content (AvgIpc) is 2.48. The number of carbonyl (C=O) groups excluding carboxylic acids is 1. The smallest absolute Gasteiger partial charge is 0.224 e. The van der Waals surface area contributed by atoms with Gasteiger partial charge in [0.05, 0.1) is 6.42 Å². The molecule has 1 heterocycles. The Hall–Kier alpha value is -1.35. The first-order valence-electron chi connectivity index (χ1n) is 8.52. The summed E-state index contributed by atoms with van der Waals surface area (Å²) in [6.45, 7) is 9.63. The van der Waals surface area contributed by atoms with Crippen molar-refractivity contribution >= 4 is 5.91 Å². The molecule has 1 aliphatic heterocycles. The van der Waals surface area contributed by atoms with Gasteiger partial charge in [-0.3, -0.25) is 4.79 Å². The van der Waals surface area contributed by atoms with E-state index in [2.05, 4.69) is 55.7 Å². The first-order valence-corrected chi connectivity index (χ1v) is 8.52. The molecule has 0 radical (unpaired) electrons. The van der Waals surface area contributed by atoms with Crippen LogP contribution in [0.25, 0.3) is 0 Å². The van der Waals surface area contributed by atoms with Crippen LogP contribution in [0.3, 0.4) is 0 Å². The maximum atomic E-state index is 12.1. The fourth-order valence-corrected chi connectivity index (χ4v) is 3.03. The summed E-state index contributed by atoms with van der Waals surface area (Å²) in [7, 11) is 0. The van der Waals surface area contributed by atoms with E-state index in [0.717, 1.165) is 44.5 Å². The van der Waals surface area contributed by atoms with E-state index in [1.807, 2.05) is 0 Å². The van der Waals surface area contributed by atoms with Gasteiger partial charge in [-0.2, -0.15) is 0 Å². The Bertz CT molecular complexity index is 473. The van der Waals surface area contributed by atoms with Gasteiger partial charge in [0.25, 0.3) is 0 Å². The molecule has 122 valence electrons. The van der Waals surface area contributed by atoms with E-state index in [-0.39, 0.29) is 11.3 Å². The lowest BCUT2D eigenvalue weighted by Crippen LogP contribution is -2.43. The Morgan fingerprint density at radius 2 is 1.77 bits per heavy atom. The summed E-state index contributed by atoms with van der Waals surface area (Å²) in [5, 5.41) is 6.49. The Balaban J connectivity index is 1.79. The average molecular weight is 302 g/mol. The summed E-state index contributed by atoms with van der Waals surface area (Å²) < 4.78 is 0. The third kappa shape index (κ3) is 5.45. The van der Waals surface area contributed by atoms with E-state index >= 15 is 0 Å². The number of benzene rings is 1. The molecule has 2 N–H and O–H groups in total. The highest BCUT2D eigenvalue weighted by Crippen LogP contribution is 2.26. The SMILES string of the molecule is CC(C)Cc1ccc(CC(=O)NCC2(C)CCNCC2)cc1. The molecular weight excluding hydrogens is 272 g/mol. The van der Waals surface area contributed by atoms with Crippen LogP contribution in [0.5, 0.6) is 0 Å². The van der Waals surface area contributed by atoms with Crippen molar-refractivity contribution in [2.75, 3.05) is 19.6 Å². The summed E-state index contributed by atoms with van der Waals surface area (Å²) in [6.07, 6.45) is 3.85. The van der Waals surface area contributed by atoms with Crippen molar-refractivity contribution in [2.45, 2.75) is 46.5 Å². The molecule has 1 fully saturated rings. The number of rotatable bonds is 6. The fraction of sp³-hybridized carbons (Fsp3) is 0.632. The van der Waals surface area contributed by atoms with Gasteiger partial charge in [0.2, 0.25) is 5.91 Å². The Labute approximate surface area is 134 Å². The molecule has 0 unspecified atom stereocenters. The molecule has 0 saturated carbocycles. The van der Waals surface area contributed by atoms with Gasteiger partial charge < -0.3 is 10.6 Å². The Morgan fingerprint density at radius 1 is 1.18 bits per heavy atom. The predicted octanol–water partition coefficient (Wildman–Crippen LogP) is 2.93. The quantitative estimate of drug-likeness (QED) is 0.848. The number of amides is 1. The molecule has 0 spiro atoms. The first-order chi connectivity index (χ1) is 10.5. The number of hydrogen-bond acceptors (Lipinski definition) is 2. The number of hydrogen-bond donors (Lipinski definition) is 2. The summed E-state index contributed by atoms with van der Waals surface area (Å²) in [5.41, 5.74) is 2.70. The van der Waals surface area contributed by atoms with Crippen LogP contribution in [0.15, 0.2) is 24.3 Å². The second-order valence-corrected chi connectivity index (χ2v) is 7.43. The lowest BCUT2D eigenvalue weighted by Gasteiger charge is -2.34. The molecule has 1 amide bonds. The fourth-order valence-electron chi connectivity index (χ4n) is 3.03. The van der Waals surface area contributed by atoms with Crippen LogP contribution < -0.4 is 10.6 Å². The highest BCUT2D eigenvalue weighted by Gasteiger charge is 2.26.